The van der Waals surface area contributed by atoms with Crippen molar-refractivity contribution < 1.29 is 17.9 Å². The van der Waals surface area contributed by atoms with Gasteiger partial charge < -0.3 is 15.0 Å². The molecule has 1 aliphatic heterocycles. The van der Waals surface area contributed by atoms with Crippen molar-refractivity contribution in [2.45, 2.75) is 83.4 Å². The molecule has 11 nitrogen and oxygen atoms in total. The minimum absolute atomic E-state index is 0.128. The number of sulfonamides is 1. The third-order valence-corrected chi connectivity index (χ3v) is 12.0. The summed E-state index contributed by atoms with van der Waals surface area (Å²) in [7, 11) is -2.24. The SMILES string of the molecule is CC[C@@H]1CN(Cc2cc([C@@H](c3ccc4c(nnn4CC)c3C)C(C)(C)c3c(C(N)=O)ccc(=O)n3C)ccc2C)S(=O)(=O)c2ccccc2O1. The summed E-state index contributed by atoms with van der Waals surface area (Å²) in [6.07, 6.45) is 0.319. The number of fused-ring (bicyclic) bond motifs is 2. The molecule has 2 aromatic heterocycles. The lowest BCUT2D eigenvalue weighted by molar-refractivity contribution is 0.0996. The third-order valence-electron chi connectivity index (χ3n) is 10.2. The van der Waals surface area contributed by atoms with Crippen LogP contribution >= 0.6 is 0 Å². The second-order valence-corrected chi connectivity index (χ2v) is 15.5. The quantitative estimate of drug-likeness (QED) is 0.219. The predicted octanol–water partition coefficient (Wildman–Crippen LogP) is 5.34. The molecular weight excluding hydrogens is 653 g/mol. The molecule has 3 heterocycles. The van der Waals surface area contributed by atoms with Gasteiger partial charge in [-0.3, -0.25) is 9.59 Å². The number of amides is 1. The number of hydrogen-bond donors (Lipinski definition) is 1. The number of nitrogens with zero attached hydrogens (tertiary/aromatic N) is 5. The molecule has 0 saturated carbocycles. The van der Waals surface area contributed by atoms with Crippen molar-refractivity contribution in [1.82, 2.24) is 23.9 Å². The summed E-state index contributed by atoms with van der Waals surface area (Å²) in [5.41, 5.74) is 11.7. The van der Waals surface area contributed by atoms with E-state index in [1.54, 1.807) is 31.3 Å². The first-order valence-electron chi connectivity index (χ1n) is 16.9. The minimum atomic E-state index is -3.89. The lowest BCUT2D eigenvalue weighted by Gasteiger charge is -2.39. The summed E-state index contributed by atoms with van der Waals surface area (Å²) in [6, 6.07) is 19.8. The summed E-state index contributed by atoms with van der Waals surface area (Å²) in [5, 5.41) is 8.88. The average Bonchev–Trinajstić information content (AvgIpc) is 3.47. The fourth-order valence-electron chi connectivity index (χ4n) is 7.50. The van der Waals surface area contributed by atoms with Crippen LogP contribution in [0.15, 0.2) is 76.4 Å². The molecule has 50 heavy (non-hydrogen) atoms. The molecule has 0 aliphatic carbocycles. The molecule has 262 valence electrons. The Morgan fingerprint density at radius 2 is 1.80 bits per heavy atom. The highest BCUT2D eigenvalue weighted by molar-refractivity contribution is 7.89. The number of aromatic nitrogens is 4. The van der Waals surface area contributed by atoms with Crippen LogP contribution in [0.1, 0.15) is 83.9 Å². The Morgan fingerprint density at radius 1 is 1.06 bits per heavy atom. The molecule has 1 amide bonds. The minimum Gasteiger partial charge on any atom is -0.488 e. The second-order valence-electron chi connectivity index (χ2n) is 13.6. The van der Waals surface area contributed by atoms with Crippen molar-refractivity contribution in [1.29, 1.82) is 0 Å². The van der Waals surface area contributed by atoms with Gasteiger partial charge >= 0.3 is 0 Å². The third kappa shape index (κ3) is 5.90. The van der Waals surface area contributed by atoms with Crippen molar-refractivity contribution in [3.63, 3.8) is 0 Å². The van der Waals surface area contributed by atoms with Crippen LogP contribution in [0, 0.1) is 13.8 Å². The average molecular weight is 697 g/mol. The van der Waals surface area contributed by atoms with E-state index >= 15 is 0 Å². The van der Waals surface area contributed by atoms with Crippen LogP contribution in [0.5, 0.6) is 5.75 Å². The van der Waals surface area contributed by atoms with E-state index in [2.05, 4.69) is 16.4 Å². The molecule has 0 radical (unpaired) electrons. The molecule has 2 atom stereocenters. The Bertz CT molecular complexity index is 2290. The maximum Gasteiger partial charge on any atom is 0.250 e. The molecule has 12 heteroatoms. The van der Waals surface area contributed by atoms with Gasteiger partial charge in [-0.2, -0.15) is 4.31 Å². The number of hydrogen-bond acceptors (Lipinski definition) is 7. The van der Waals surface area contributed by atoms with Crippen molar-refractivity contribution in [3.05, 3.63) is 116 Å². The van der Waals surface area contributed by atoms with Gasteiger partial charge in [0.15, 0.2) is 0 Å². The molecule has 0 fully saturated rings. The first-order valence-corrected chi connectivity index (χ1v) is 18.3. The molecule has 6 rings (SSSR count). The zero-order valence-electron chi connectivity index (χ0n) is 29.6. The van der Waals surface area contributed by atoms with Gasteiger partial charge in [0, 0.05) is 43.2 Å². The van der Waals surface area contributed by atoms with E-state index in [1.165, 1.54) is 21.0 Å². The topological polar surface area (TPSA) is 142 Å². The van der Waals surface area contributed by atoms with Crippen LogP contribution in [-0.2, 0) is 35.6 Å². The van der Waals surface area contributed by atoms with Gasteiger partial charge in [0.2, 0.25) is 15.9 Å². The Balaban J connectivity index is 1.56. The molecular formula is C38H44N6O5S. The molecule has 2 N–H and O–H groups in total. The number of ether oxygens (including phenoxy) is 1. The maximum absolute atomic E-state index is 14.1. The largest absolute Gasteiger partial charge is 0.488 e. The monoisotopic (exact) mass is 696 g/mol. The maximum atomic E-state index is 14.1. The first-order chi connectivity index (χ1) is 23.7. The Kier molecular flexibility index (Phi) is 9.21. The normalized spacial score (nSPS) is 16.8. The van der Waals surface area contributed by atoms with Crippen LogP contribution in [-0.4, -0.2) is 50.8 Å². The van der Waals surface area contributed by atoms with E-state index in [0.717, 1.165) is 38.9 Å². The number of nitrogens with two attached hydrogens (primary N) is 1. The van der Waals surface area contributed by atoms with Crippen molar-refractivity contribution in [3.8, 4) is 5.75 Å². The zero-order chi connectivity index (χ0) is 36.1. The van der Waals surface area contributed by atoms with Gasteiger partial charge in [-0.15, -0.1) is 5.10 Å². The van der Waals surface area contributed by atoms with Crippen molar-refractivity contribution >= 4 is 27.0 Å². The Labute approximate surface area is 292 Å². The van der Waals surface area contributed by atoms with Gasteiger partial charge in [-0.25, -0.2) is 13.1 Å². The van der Waals surface area contributed by atoms with Gasteiger partial charge in [0.05, 0.1) is 17.6 Å². The summed E-state index contributed by atoms with van der Waals surface area (Å²) in [6.45, 7) is 13.0. The number of benzene rings is 3. The smallest absolute Gasteiger partial charge is 0.250 e. The summed E-state index contributed by atoms with van der Waals surface area (Å²) in [5.74, 6) is -0.708. The lowest BCUT2D eigenvalue weighted by atomic mass is 9.66. The number of rotatable bonds is 9. The van der Waals surface area contributed by atoms with Gasteiger partial charge in [0.1, 0.15) is 22.3 Å². The van der Waals surface area contributed by atoms with Crippen LogP contribution in [0.25, 0.3) is 11.0 Å². The first kappa shape index (κ1) is 35.0. The highest BCUT2D eigenvalue weighted by Gasteiger charge is 2.40. The standard InChI is InChI=1S/C38H44N6O5S/c1-8-27-22-43(50(47,48)32-13-11-10-12-31(32)49-27)21-26-20-25(15-14-23(26)3)34(28-16-18-30-35(24(28)4)40-41-44(30)9-2)38(5,6)36-29(37(39)46)17-19-33(45)42(36)7/h10-20,27,34H,8-9,21-22H2,1-7H3,(H2,39,46)/t27-,34+/m1/s1. The number of aryl methyl sites for hydroxylation is 3. The molecule has 0 spiro atoms. The molecule has 0 bridgehead atoms. The number of carbonyl (C=O) groups excluding carboxylic acids is 1. The van der Waals surface area contributed by atoms with E-state index in [1.807, 2.05) is 70.5 Å². The van der Waals surface area contributed by atoms with Crippen LogP contribution < -0.4 is 16.0 Å². The van der Waals surface area contributed by atoms with Crippen molar-refractivity contribution in [2.24, 2.45) is 12.8 Å². The molecule has 0 saturated heterocycles. The predicted molar refractivity (Wildman–Crippen MR) is 193 cm³/mol. The van der Waals surface area contributed by atoms with Gasteiger partial charge in [-0.1, -0.05) is 62.4 Å². The van der Waals surface area contributed by atoms with Gasteiger partial charge in [0.25, 0.3) is 5.56 Å². The number of primary amides is 1. The molecule has 0 unspecified atom stereocenters. The van der Waals surface area contributed by atoms with E-state index in [-0.39, 0.29) is 35.2 Å². The van der Waals surface area contributed by atoms with Crippen LogP contribution in [0.4, 0.5) is 0 Å². The molecule has 1 aliphatic rings. The lowest BCUT2D eigenvalue weighted by Crippen LogP contribution is -2.38. The number of pyridine rings is 1. The summed E-state index contributed by atoms with van der Waals surface area (Å²) in [4.78, 5) is 26.1. The second kappa shape index (κ2) is 13.1. The van der Waals surface area contributed by atoms with E-state index in [4.69, 9.17) is 10.5 Å². The Hall–Kier alpha value is -4.81. The highest BCUT2D eigenvalue weighted by Crippen LogP contribution is 2.46. The zero-order valence-corrected chi connectivity index (χ0v) is 30.4. The molecule has 5 aromatic rings. The van der Waals surface area contributed by atoms with E-state index < -0.39 is 27.3 Å². The van der Waals surface area contributed by atoms with Crippen LogP contribution in [0.2, 0.25) is 0 Å². The van der Waals surface area contributed by atoms with Crippen molar-refractivity contribution in [2.75, 3.05) is 6.54 Å². The fourth-order valence-corrected chi connectivity index (χ4v) is 9.07. The van der Waals surface area contributed by atoms with E-state index in [0.29, 0.717) is 24.4 Å². The number of carbonyl (C=O) groups is 1. The summed E-state index contributed by atoms with van der Waals surface area (Å²) < 4.78 is 39.2. The Morgan fingerprint density at radius 3 is 2.50 bits per heavy atom. The van der Waals surface area contributed by atoms with Crippen LogP contribution in [0.3, 0.4) is 0 Å². The summed E-state index contributed by atoms with van der Waals surface area (Å²) >= 11 is 0. The fraction of sp³-hybridized carbons (Fsp3) is 0.368. The van der Waals surface area contributed by atoms with Gasteiger partial charge in [-0.05, 0) is 79.3 Å². The highest BCUT2D eigenvalue weighted by atomic mass is 32.2. The molecule has 3 aromatic carbocycles. The number of para-hydroxylation sites is 1. The van der Waals surface area contributed by atoms with E-state index in [9.17, 15) is 18.0 Å².